The molecule has 5 heteroatoms. The molecule has 0 bridgehead atoms. The van der Waals surface area contributed by atoms with E-state index in [-0.39, 0.29) is 5.91 Å². The van der Waals surface area contributed by atoms with Crippen LogP contribution in [-0.2, 0) is 9.59 Å². The fourth-order valence-electron chi connectivity index (χ4n) is 2.86. The third kappa shape index (κ3) is 2.81. The fourth-order valence-corrected chi connectivity index (χ4v) is 2.86. The molecule has 1 N–H and O–H groups in total. The maximum Gasteiger partial charge on any atom is 0.307 e. The highest BCUT2D eigenvalue weighted by molar-refractivity contribution is 5.97. The molecule has 20 heavy (non-hydrogen) atoms. The number of nitrogens with zero attached hydrogens (tertiary/aromatic N) is 1. The van der Waals surface area contributed by atoms with Gasteiger partial charge in [0, 0.05) is 12.2 Å². The summed E-state index contributed by atoms with van der Waals surface area (Å²) in [5.74, 6) is -2.67. The third-order valence-corrected chi connectivity index (χ3v) is 3.85. The van der Waals surface area contributed by atoms with Crippen LogP contribution in [0.5, 0.6) is 0 Å². The highest BCUT2D eigenvalue weighted by Crippen LogP contribution is 2.34. The van der Waals surface area contributed by atoms with Crippen LogP contribution in [0.3, 0.4) is 0 Å². The molecule has 0 radical (unpaired) electrons. The molecule has 4 nitrogen and oxygen atoms in total. The second kappa shape index (κ2) is 6.03. The van der Waals surface area contributed by atoms with E-state index in [1.165, 1.54) is 17.0 Å². The van der Waals surface area contributed by atoms with Crippen molar-refractivity contribution in [3.8, 4) is 0 Å². The van der Waals surface area contributed by atoms with Crippen LogP contribution < -0.4 is 4.90 Å². The molecule has 1 fully saturated rings. The molecule has 0 aromatic heterocycles. The Balaban J connectivity index is 2.23. The van der Waals surface area contributed by atoms with Gasteiger partial charge >= 0.3 is 5.97 Å². The summed E-state index contributed by atoms with van der Waals surface area (Å²) >= 11 is 0. The number of amides is 1. The van der Waals surface area contributed by atoms with Gasteiger partial charge in [0.25, 0.3) is 0 Å². The zero-order chi connectivity index (χ0) is 14.7. The highest BCUT2D eigenvalue weighted by atomic mass is 19.1. The van der Waals surface area contributed by atoms with Crippen molar-refractivity contribution in [3.63, 3.8) is 0 Å². The Morgan fingerprint density at radius 1 is 1.35 bits per heavy atom. The van der Waals surface area contributed by atoms with Gasteiger partial charge < -0.3 is 10.0 Å². The smallest absolute Gasteiger partial charge is 0.307 e. The standard InChI is InChI=1S/C15H18FNO3/c1-2-17(11-6-3-5-10(16)9-11)14(18)12-7-4-8-13(12)15(19)20/h3,5-6,9,12-13H,2,4,7-8H2,1H3,(H,19,20). The third-order valence-electron chi connectivity index (χ3n) is 3.85. The summed E-state index contributed by atoms with van der Waals surface area (Å²) < 4.78 is 13.3. The SMILES string of the molecule is CCN(C(=O)C1CCCC1C(=O)O)c1cccc(F)c1. The molecule has 1 aromatic carbocycles. The van der Waals surface area contributed by atoms with Gasteiger partial charge in [0.2, 0.25) is 5.91 Å². The molecule has 2 rings (SSSR count). The van der Waals surface area contributed by atoms with Crippen LogP contribution in [0.25, 0.3) is 0 Å². The number of aliphatic carboxylic acids is 1. The molecule has 0 saturated heterocycles. The number of carboxylic acids is 1. The van der Waals surface area contributed by atoms with Crippen LogP contribution in [0.1, 0.15) is 26.2 Å². The van der Waals surface area contributed by atoms with Gasteiger partial charge in [-0.05, 0) is 38.0 Å². The Bertz CT molecular complexity index is 518. The van der Waals surface area contributed by atoms with Crippen molar-refractivity contribution in [3.05, 3.63) is 30.1 Å². The van der Waals surface area contributed by atoms with E-state index in [0.717, 1.165) is 6.42 Å². The van der Waals surface area contributed by atoms with Crippen molar-refractivity contribution in [1.29, 1.82) is 0 Å². The topological polar surface area (TPSA) is 57.6 Å². The predicted molar refractivity (Wildman–Crippen MR) is 72.9 cm³/mol. The van der Waals surface area contributed by atoms with E-state index in [0.29, 0.717) is 25.1 Å². The molecule has 1 aliphatic rings. The van der Waals surface area contributed by atoms with Gasteiger partial charge in [-0.3, -0.25) is 9.59 Å². The van der Waals surface area contributed by atoms with Gasteiger partial charge in [-0.25, -0.2) is 4.39 Å². The number of benzene rings is 1. The van der Waals surface area contributed by atoms with Crippen molar-refractivity contribution in [2.75, 3.05) is 11.4 Å². The van der Waals surface area contributed by atoms with E-state index in [2.05, 4.69) is 0 Å². The second-order valence-corrected chi connectivity index (χ2v) is 5.04. The van der Waals surface area contributed by atoms with Gasteiger partial charge in [0.15, 0.2) is 0 Å². The van der Waals surface area contributed by atoms with E-state index in [4.69, 9.17) is 0 Å². The Morgan fingerprint density at radius 2 is 2.05 bits per heavy atom. The summed E-state index contributed by atoms with van der Waals surface area (Å²) in [6, 6.07) is 5.82. The Kier molecular flexibility index (Phi) is 4.37. The average Bonchev–Trinajstić information content (AvgIpc) is 2.89. The van der Waals surface area contributed by atoms with E-state index in [9.17, 15) is 19.1 Å². The lowest BCUT2D eigenvalue weighted by atomic mass is 9.94. The van der Waals surface area contributed by atoms with Crippen LogP contribution >= 0.6 is 0 Å². The first kappa shape index (κ1) is 14.5. The summed E-state index contributed by atoms with van der Waals surface area (Å²) in [6.07, 6.45) is 1.86. The zero-order valence-corrected chi connectivity index (χ0v) is 11.4. The first-order valence-corrected chi connectivity index (χ1v) is 6.84. The summed E-state index contributed by atoms with van der Waals surface area (Å²) in [6.45, 7) is 2.19. The monoisotopic (exact) mass is 279 g/mol. The van der Waals surface area contributed by atoms with Crippen molar-refractivity contribution >= 4 is 17.6 Å². The van der Waals surface area contributed by atoms with E-state index >= 15 is 0 Å². The largest absolute Gasteiger partial charge is 0.481 e. The number of anilines is 1. The minimum absolute atomic E-state index is 0.219. The number of carbonyl (C=O) groups excluding carboxylic acids is 1. The second-order valence-electron chi connectivity index (χ2n) is 5.04. The van der Waals surface area contributed by atoms with Gasteiger partial charge in [-0.1, -0.05) is 12.5 Å². The summed E-state index contributed by atoms with van der Waals surface area (Å²) in [5.41, 5.74) is 0.480. The molecule has 1 amide bonds. The maximum absolute atomic E-state index is 13.3. The minimum atomic E-state index is -0.920. The van der Waals surface area contributed by atoms with Crippen LogP contribution in [0.4, 0.5) is 10.1 Å². The molecule has 0 aliphatic heterocycles. The number of halogens is 1. The molecule has 0 heterocycles. The quantitative estimate of drug-likeness (QED) is 0.921. The zero-order valence-electron chi connectivity index (χ0n) is 11.4. The van der Waals surface area contributed by atoms with Crippen LogP contribution in [0, 0.1) is 17.7 Å². The van der Waals surface area contributed by atoms with Gasteiger partial charge in [-0.2, -0.15) is 0 Å². The summed E-state index contributed by atoms with van der Waals surface area (Å²) in [7, 11) is 0. The summed E-state index contributed by atoms with van der Waals surface area (Å²) in [4.78, 5) is 25.2. The molecular weight excluding hydrogens is 261 g/mol. The van der Waals surface area contributed by atoms with Crippen molar-refractivity contribution in [1.82, 2.24) is 0 Å². The Morgan fingerprint density at radius 3 is 2.65 bits per heavy atom. The predicted octanol–water partition coefficient (Wildman–Crippen LogP) is 2.68. The molecule has 0 spiro atoms. The van der Waals surface area contributed by atoms with E-state index in [1.807, 2.05) is 0 Å². The van der Waals surface area contributed by atoms with Crippen molar-refractivity contribution in [2.24, 2.45) is 11.8 Å². The number of carbonyl (C=O) groups is 2. The van der Waals surface area contributed by atoms with Gasteiger partial charge in [0.1, 0.15) is 5.82 Å². The maximum atomic E-state index is 13.3. The lowest BCUT2D eigenvalue weighted by Crippen LogP contribution is -2.39. The molecular formula is C15H18FNO3. The number of carboxylic acid groups (broad SMARTS) is 1. The fraction of sp³-hybridized carbons (Fsp3) is 0.467. The molecule has 108 valence electrons. The molecule has 1 aliphatic carbocycles. The van der Waals surface area contributed by atoms with Gasteiger partial charge in [-0.15, -0.1) is 0 Å². The van der Waals surface area contributed by atoms with Crippen molar-refractivity contribution in [2.45, 2.75) is 26.2 Å². The number of rotatable bonds is 4. The number of hydrogen-bond donors (Lipinski definition) is 1. The Hall–Kier alpha value is -1.91. The molecule has 1 saturated carbocycles. The molecule has 1 aromatic rings. The lowest BCUT2D eigenvalue weighted by molar-refractivity contribution is -0.145. The lowest BCUT2D eigenvalue weighted by Gasteiger charge is -2.26. The summed E-state index contributed by atoms with van der Waals surface area (Å²) in [5, 5.41) is 9.17. The van der Waals surface area contributed by atoms with E-state index < -0.39 is 23.6 Å². The van der Waals surface area contributed by atoms with Crippen molar-refractivity contribution < 1.29 is 19.1 Å². The average molecular weight is 279 g/mol. The van der Waals surface area contributed by atoms with Crippen LogP contribution in [0.15, 0.2) is 24.3 Å². The molecule has 2 unspecified atom stereocenters. The van der Waals surface area contributed by atoms with Gasteiger partial charge in [0.05, 0.1) is 11.8 Å². The first-order chi connectivity index (χ1) is 9.54. The highest BCUT2D eigenvalue weighted by Gasteiger charge is 2.39. The normalized spacial score (nSPS) is 21.7. The Labute approximate surface area is 117 Å². The van der Waals surface area contributed by atoms with Crippen LogP contribution in [-0.4, -0.2) is 23.5 Å². The molecule has 2 atom stereocenters. The van der Waals surface area contributed by atoms with Crippen LogP contribution in [0.2, 0.25) is 0 Å². The first-order valence-electron chi connectivity index (χ1n) is 6.84. The minimum Gasteiger partial charge on any atom is -0.481 e. The van der Waals surface area contributed by atoms with E-state index in [1.54, 1.807) is 19.1 Å². The number of hydrogen-bond acceptors (Lipinski definition) is 2.